The van der Waals surface area contributed by atoms with Crippen LogP contribution in [0.3, 0.4) is 0 Å². The van der Waals surface area contributed by atoms with Crippen molar-refractivity contribution in [2.24, 2.45) is 4.99 Å². The van der Waals surface area contributed by atoms with Gasteiger partial charge in [-0.2, -0.15) is 0 Å². The summed E-state index contributed by atoms with van der Waals surface area (Å²) in [5.41, 5.74) is 6.37. The Morgan fingerprint density at radius 2 is 1.80 bits per heavy atom. The predicted octanol–water partition coefficient (Wildman–Crippen LogP) is 5.05. The van der Waals surface area contributed by atoms with Crippen LogP contribution in [0.2, 0.25) is 0 Å². The molecule has 3 aromatic rings. The van der Waals surface area contributed by atoms with E-state index in [1.165, 1.54) is 22.9 Å². The Morgan fingerprint density at radius 3 is 2.50 bits per heavy atom. The summed E-state index contributed by atoms with van der Waals surface area (Å²) in [5.74, 6) is -0.127. The minimum Gasteiger partial charge on any atom is -0.378 e. The van der Waals surface area contributed by atoms with Crippen molar-refractivity contribution < 1.29 is 4.79 Å². The van der Waals surface area contributed by atoms with E-state index < -0.39 is 0 Å². The molecule has 4 rings (SSSR count). The molecule has 1 aromatic heterocycles. The van der Waals surface area contributed by atoms with Gasteiger partial charge in [0.2, 0.25) is 0 Å². The summed E-state index contributed by atoms with van der Waals surface area (Å²) in [6.45, 7) is 4.13. The normalized spacial score (nSPS) is 16.3. The third kappa shape index (κ3) is 4.19. The third-order valence-corrected chi connectivity index (χ3v) is 5.99. The van der Waals surface area contributed by atoms with Gasteiger partial charge in [0.25, 0.3) is 5.91 Å². The van der Waals surface area contributed by atoms with Crippen molar-refractivity contribution in [1.82, 2.24) is 9.88 Å². The van der Waals surface area contributed by atoms with Crippen LogP contribution < -0.4 is 10.2 Å². The number of carbonyl (C=O) groups excluding carboxylic acids is 1. The third-order valence-electron chi connectivity index (χ3n) is 5.08. The SMILES string of the molecule is Cc1ccc(N=C2NC(=O)/C(=C/c3cccn3-c3ccc(N(C)C)cc3)S2)cc1C. The van der Waals surface area contributed by atoms with Crippen LogP contribution in [0.15, 0.2) is 70.7 Å². The molecule has 1 fully saturated rings. The highest BCUT2D eigenvalue weighted by molar-refractivity contribution is 8.18. The quantitative estimate of drug-likeness (QED) is 0.606. The van der Waals surface area contributed by atoms with Gasteiger partial charge in [0.15, 0.2) is 5.17 Å². The molecular formula is C24H24N4OS. The van der Waals surface area contributed by atoms with Crippen molar-refractivity contribution in [2.45, 2.75) is 13.8 Å². The van der Waals surface area contributed by atoms with Crippen LogP contribution in [-0.2, 0) is 4.79 Å². The van der Waals surface area contributed by atoms with Crippen molar-refractivity contribution in [2.75, 3.05) is 19.0 Å². The van der Waals surface area contributed by atoms with Gasteiger partial charge in [-0.05, 0) is 91.3 Å². The fourth-order valence-corrected chi connectivity index (χ4v) is 4.01. The molecule has 1 aliphatic heterocycles. The predicted molar refractivity (Wildman–Crippen MR) is 127 cm³/mol. The zero-order chi connectivity index (χ0) is 21.3. The molecule has 0 radical (unpaired) electrons. The van der Waals surface area contributed by atoms with Crippen molar-refractivity contribution in [3.63, 3.8) is 0 Å². The number of hydrogen-bond donors (Lipinski definition) is 1. The number of thioether (sulfide) groups is 1. The van der Waals surface area contributed by atoms with Crippen LogP contribution in [0.1, 0.15) is 16.8 Å². The van der Waals surface area contributed by atoms with Crippen LogP contribution in [0, 0.1) is 13.8 Å². The average molecular weight is 417 g/mol. The molecule has 152 valence electrons. The van der Waals surface area contributed by atoms with E-state index in [4.69, 9.17) is 0 Å². The smallest absolute Gasteiger partial charge is 0.264 e. The first-order valence-electron chi connectivity index (χ1n) is 9.73. The summed E-state index contributed by atoms with van der Waals surface area (Å²) in [5, 5.41) is 3.47. The number of carbonyl (C=O) groups is 1. The summed E-state index contributed by atoms with van der Waals surface area (Å²) in [4.78, 5) is 19.8. The second kappa shape index (κ2) is 8.24. The second-order valence-corrected chi connectivity index (χ2v) is 8.49. The molecule has 6 heteroatoms. The Morgan fingerprint density at radius 1 is 1.03 bits per heavy atom. The van der Waals surface area contributed by atoms with Gasteiger partial charge < -0.3 is 14.8 Å². The summed E-state index contributed by atoms with van der Waals surface area (Å²) in [7, 11) is 4.04. The average Bonchev–Trinajstić information content (AvgIpc) is 3.31. The number of aliphatic imine (C=N–C) groups is 1. The Balaban J connectivity index is 1.59. The van der Waals surface area contributed by atoms with Crippen molar-refractivity contribution in [3.05, 3.63) is 82.5 Å². The first-order chi connectivity index (χ1) is 14.4. The van der Waals surface area contributed by atoms with E-state index >= 15 is 0 Å². The minimum atomic E-state index is -0.127. The lowest BCUT2D eigenvalue weighted by atomic mass is 10.1. The van der Waals surface area contributed by atoms with E-state index in [0.29, 0.717) is 10.1 Å². The molecule has 30 heavy (non-hydrogen) atoms. The van der Waals surface area contributed by atoms with Gasteiger partial charge in [-0.25, -0.2) is 4.99 Å². The Bertz CT molecular complexity index is 1160. The molecule has 2 heterocycles. The number of rotatable bonds is 4. The standard InChI is InChI=1S/C24H24N4OS/c1-16-7-8-18(14-17(16)2)25-24-26-23(29)22(30-24)15-21-6-5-13-28(21)20-11-9-19(10-12-20)27(3)4/h5-15H,1-4H3,(H,25,26,29)/b22-15-. The highest BCUT2D eigenvalue weighted by atomic mass is 32.2. The molecule has 0 aliphatic carbocycles. The maximum Gasteiger partial charge on any atom is 0.264 e. The lowest BCUT2D eigenvalue weighted by molar-refractivity contribution is -0.115. The molecular weight excluding hydrogens is 392 g/mol. The Hall–Kier alpha value is -3.25. The monoisotopic (exact) mass is 416 g/mol. The molecule has 1 saturated heterocycles. The number of hydrogen-bond acceptors (Lipinski definition) is 4. The zero-order valence-corrected chi connectivity index (χ0v) is 18.3. The van der Waals surface area contributed by atoms with Crippen LogP contribution in [0.25, 0.3) is 11.8 Å². The molecule has 1 aliphatic rings. The van der Waals surface area contributed by atoms with E-state index in [-0.39, 0.29) is 5.91 Å². The van der Waals surface area contributed by atoms with Crippen LogP contribution in [0.4, 0.5) is 11.4 Å². The maximum atomic E-state index is 12.5. The van der Waals surface area contributed by atoms with Crippen LogP contribution >= 0.6 is 11.8 Å². The first-order valence-corrected chi connectivity index (χ1v) is 10.5. The summed E-state index contributed by atoms with van der Waals surface area (Å²) >= 11 is 1.36. The van der Waals surface area contributed by atoms with Gasteiger partial charge in [0.05, 0.1) is 10.6 Å². The largest absolute Gasteiger partial charge is 0.378 e. The number of aryl methyl sites for hydroxylation is 2. The van der Waals surface area contributed by atoms with Gasteiger partial charge in [0, 0.05) is 37.4 Å². The number of nitrogens with zero attached hydrogens (tertiary/aromatic N) is 3. The molecule has 0 atom stereocenters. The number of anilines is 1. The number of aromatic nitrogens is 1. The van der Waals surface area contributed by atoms with Crippen LogP contribution in [-0.4, -0.2) is 29.7 Å². The molecule has 2 aromatic carbocycles. The van der Waals surface area contributed by atoms with Gasteiger partial charge in [-0.15, -0.1) is 0 Å². The van der Waals surface area contributed by atoms with E-state index in [1.54, 1.807) is 0 Å². The fourth-order valence-electron chi connectivity index (χ4n) is 3.19. The van der Waals surface area contributed by atoms with E-state index in [2.05, 4.69) is 57.9 Å². The van der Waals surface area contributed by atoms with E-state index in [9.17, 15) is 4.79 Å². The van der Waals surface area contributed by atoms with Crippen molar-refractivity contribution in [3.8, 4) is 5.69 Å². The Kier molecular flexibility index (Phi) is 5.50. The number of amides is 1. The fraction of sp³-hybridized carbons (Fsp3) is 0.167. The lowest BCUT2D eigenvalue weighted by Gasteiger charge is -2.13. The number of nitrogens with one attached hydrogen (secondary N) is 1. The molecule has 1 amide bonds. The molecule has 0 bridgehead atoms. The molecule has 5 nitrogen and oxygen atoms in total. The maximum absolute atomic E-state index is 12.5. The molecule has 1 N–H and O–H groups in total. The van der Waals surface area contributed by atoms with Crippen molar-refractivity contribution >= 4 is 40.3 Å². The molecule has 0 saturated carbocycles. The Labute approximate surface area is 181 Å². The van der Waals surface area contributed by atoms with Gasteiger partial charge in [-0.3, -0.25) is 4.79 Å². The first kappa shape index (κ1) is 20.0. The van der Waals surface area contributed by atoms with Crippen molar-refractivity contribution in [1.29, 1.82) is 0 Å². The highest BCUT2D eigenvalue weighted by Gasteiger charge is 2.24. The summed E-state index contributed by atoms with van der Waals surface area (Å²) in [6.07, 6.45) is 3.90. The highest BCUT2D eigenvalue weighted by Crippen LogP contribution is 2.29. The van der Waals surface area contributed by atoms with Gasteiger partial charge in [0.1, 0.15) is 0 Å². The molecule has 0 unspecified atom stereocenters. The number of benzene rings is 2. The van der Waals surface area contributed by atoms with E-state index in [0.717, 1.165) is 22.8 Å². The van der Waals surface area contributed by atoms with E-state index in [1.807, 2.05) is 56.7 Å². The van der Waals surface area contributed by atoms with Gasteiger partial charge >= 0.3 is 0 Å². The lowest BCUT2D eigenvalue weighted by Crippen LogP contribution is -2.19. The summed E-state index contributed by atoms with van der Waals surface area (Å²) in [6, 6.07) is 18.3. The summed E-state index contributed by atoms with van der Waals surface area (Å²) < 4.78 is 2.07. The second-order valence-electron chi connectivity index (χ2n) is 7.46. The topological polar surface area (TPSA) is 49.6 Å². The number of amidine groups is 1. The van der Waals surface area contributed by atoms with Gasteiger partial charge in [-0.1, -0.05) is 6.07 Å². The van der Waals surface area contributed by atoms with Crippen LogP contribution in [0.5, 0.6) is 0 Å². The minimum absolute atomic E-state index is 0.127. The zero-order valence-electron chi connectivity index (χ0n) is 17.5. The molecule has 0 spiro atoms.